The van der Waals surface area contributed by atoms with Gasteiger partial charge in [-0.3, -0.25) is 4.79 Å². The average Bonchev–Trinajstić information content (AvgIpc) is 2.77. The van der Waals surface area contributed by atoms with Crippen molar-refractivity contribution in [1.29, 1.82) is 0 Å². The number of rotatable bonds is 9. The lowest BCUT2D eigenvalue weighted by molar-refractivity contribution is 0.0955. The van der Waals surface area contributed by atoms with Gasteiger partial charge in [-0.25, -0.2) is 5.43 Å². The summed E-state index contributed by atoms with van der Waals surface area (Å²) >= 11 is 12.1. The van der Waals surface area contributed by atoms with E-state index in [9.17, 15) is 4.79 Å². The Balaban J connectivity index is 1.63. The molecule has 0 aliphatic carbocycles. The predicted octanol–water partition coefficient (Wildman–Crippen LogP) is 6.13. The van der Waals surface area contributed by atoms with E-state index in [1.807, 2.05) is 25.1 Å². The Labute approximate surface area is 191 Å². The third kappa shape index (κ3) is 7.02. The van der Waals surface area contributed by atoms with Gasteiger partial charge in [0.25, 0.3) is 5.91 Å². The fourth-order valence-electron chi connectivity index (χ4n) is 2.69. The molecule has 0 unspecified atom stereocenters. The molecule has 0 fully saturated rings. The summed E-state index contributed by atoms with van der Waals surface area (Å²) in [6, 6.07) is 19.5. The van der Waals surface area contributed by atoms with E-state index in [1.165, 1.54) is 6.21 Å². The maximum absolute atomic E-state index is 12.3. The SMILES string of the molecule is CCCOc1ccc(C(=O)N/N=C\c2cc(Cl)ccc2OCc2cccc(Cl)c2)cc1. The third-order valence-corrected chi connectivity index (χ3v) is 4.68. The first-order valence-electron chi connectivity index (χ1n) is 9.78. The van der Waals surface area contributed by atoms with Gasteiger partial charge in [0.05, 0.1) is 12.8 Å². The molecule has 3 aromatic carbocycles. The van der Waals surface area contributed by atoms with E-state index in [2.05, 4.69) is 10.5 Å². The number of benzene rings is 3. The van der Waals surface area contributed by atoms with Crippen LogP contribution >= 0.6 is 23.2 Å². The van der Waals surface area contributed by atoms with Gasteiger partial charge < -0.3 is 9.47 Å². The minimum atomic E-state index is -0.332. The van der Waals surface area contributed by atoms with Gasteiger partial charge in [-0.2, -0.15) is 5.10 Å². The van der Waals surface area contributed by atoms with Crippen molar-refractivity contribution in [2.45, 2.75) is 20.0 Å². The van der Waals surface area contributed by atoms with Crippen molar-refractivity contribution in [1.82, 2.24) is 5.43 Å². The molecule has 3 aromatic rings. The Hall–Kier alpha value is -3.02. The molecule has 0 aromatic heterocycles. The van der Waals surface area contributed by atoms with E-state index in [4.69, 9.17) is 32.7 Å². The molecule has 0 saturated carbocycles. The van der Waals surface area contributed by atoms with Crippen molar-refractivity contribution in [2.24, 2.45) is 5.10 Å². The summed E-state index contributed by atoms with van der Waals surface area (Å²) in [6.07, 6.45) is 2.42. The molecule has 0 heterocycles. The summed E-state index contributed by atoms with van der Waals surface area (Å²) in [6.45, 7) is 3.01. The second kappa shape index (κ2) is 11.4. The van der Waals surface area contributed by atoms with Gasteiger partial charge in [-0.05, 0) is 66.6 Å². The highest BCUT2D eigenvalue weighted by Gasteiger charge is 2.07. The minimum Gasteiger partial charge on any atom is -0.494 e. The van der Waals surface area contributed by atoms with E-state index in [0.29, 0.717) is 40.1 Å². The Bertz CT molecular complexity index is 1050. The quantitative estimate of drug-likeness (QED) is 0.311. The van der Waals surface area contributed by atoms with Gasteiger partial charge in [0, 0.05) is 21.2 Å². The molecule has 0 aliphatic heterocycles. The van der Waals surface area contributed by atoms with Gasteiger partial charge in [-0.1, -0.05) is 42.3 Å². The summed E-state index contributed by atoms with van der Waals surface area (Å²) in [7, 11) is 0. The molecule has 5 nitrogen and oxygen atoms in total. The molecule has 0 bridgehead atoms. The molecule has 1 amide bonds. The molecule has 0 saturated heterocycles. The van der Waals surface area contributed by atoms with E-state index in [-0.39, 0.29) is 5.91 Å². The normalized spacial score (nSPS) is 10.8. The molecular weight excluding hydrogens is 435 g/mol. The lowest BCUT2D eigenvalue weighted by Crippen LogP contribution is -2.17. The zero-order valence-corrected chi connectivity index (χ0v) is 18.5. The molecule has 1 N–H and O–H groups in total. The summed E-state index contributed by atoms with van der Waals surface area (Å²) in [5.41, 5.74) is 4.56. The number of ether oxygens (including phenoxy) is 2. The van der Waals surface area contributed by atoms with Crippen molar-refractivity contribution in [3.8, 4) is 11.5 Å². The number of nitrogens with zero attached hydrogens (tertiary/aromatic N) is 1. The van der Waals surface area contributed by atoms with Crippen LogP contribution in [0.3, 0.4) is 0 Å². The van der Waals surface area contributed by atoms with Crippen LogP contribution in [0.15, 0.2) is 71.8 Å². The Morgan fingerprint density at radius 1 is 1.00 bits per heavy atom. The summed E-state index contributed by atoms with van der Waals surface area (Å²) in [4.78, 5) is 12.3. The third-order valence-electron chi connectivity index (χ3n) is 4.21. The highest BCUT2D eigenvalue weighted by atomic mass is 35.5. The standard InChI is InChI=1S/C24H22Cl2N2O3/c1-2-12-30-22-9-6-18(7-10-22)24(29)28-27-15-19-14-21(26)8-11-23(19)31-16-17-4-3-5-20(25)13-17/h3-11,13-15H,2,12,16H2,1H3,(H,28,29)/b27-15-. The van der Waals surface area contributed by atoms with Gasteiger partial charge >= 0.3 is 0 Å². The number of carbonyl (C=O) groups excluding carboxylic acids is 1. The highest BCUT2D eigenvalue weighted by Crippen LogP contribution is 2.23. The molecule has 0 radical (unpaired) electrons. The summed E-state index contributed by atoms with van der Waals surface area (Å²) in [5.74, 6) is 0.976. The fourth-order valence-corrected chi connectivity index (χ4v) is 3.08. The van der Waals surface area contributed by atoms with Crippen LogP contribution in [0.25, 0.3) is 0 Å². The topological polar surface area (TPSA) is 59.9 Å². The van der Waals surface area contributed by atoms with Crippen LogP contribution in [0.4, 0.5) is 0 Å². The zero-order valence-electron chi connectivity index (χ0n) is 17.0. The monoisotopic (exact) mass is 456 g/mol. The highest BCUT2D eigenvalue weighted by molar-refractivity contribution is 6.31. The molecule has 7 heteroatoms. The van der Waals surface area contributed by atoms with Crippen LogP contribution in [0.2, 0.25) is 10.0 Å². The molecule has 0 aliphatic rings. The first kappa shape index (κ1) is 22.7. The number of hydrazone groups is 1. The Morgan fingerprint density at radius 3 is 2.52 bits per heavy atom. The molecule has 31 heavy (non-hydrogen) atoms. The average molecular weight is 457 g/mol. The van der Waals surface area contributed by atoms with Crippen LogP contribution < -0.4 is 14.9 Å². The van der Waals surface area contributed by atoms with Crippen molar-refractivity contribution in [3.63, 3.8) is 0 Å². The number of nitrogens with one attached hydrogen (secondary N) is 1. The molecular formula is C24H22Cl2N2O3. The fraction of sp³-hybridized carbons (Fsp3) is 0.167. The second-order valence-corrected chi connectivity index (χ2v) is 7.55. The lowest BCUT2D eigenvalue weighted by atomic mass is 10.2. The van der Waals surface area contributed by atoms with Crippen LogP contribution in [0.1, 0.15) is 34.8 Å². The van der Waals surface area contributed by atoms with Crippen LogP contribution in [0, 0.1) is 0 Å². The van der Waals surface area contributed by atoms with E-state index in [1.54, 1.807) is 48.5 Å². The molecule has 160 valence electrons. The number of amides is 1. The number of hydrogen-bond donors (Lipinski definition) is 1. The summed E-state index contributed by atoms with van der Waals surface area (Å²) < 4.78 is 11.4. The van der Waals surface area contributed by atoms with Gasteiger partial charge in [0.2, 0.25) is 0 Å². The van der Waals surface area contributed by atoms with Crippen molar-refractivity contribution < 1.29 is 14.3 Å². The van der Waals surface area contributed by atoms with Crippen molar-refractivity contribution >= 4 is 35.3 Å². The maximum Gasteiger partial charge on any atom is 0.271 e. The van der Waals surface area contributed by atoms with E-state index < -0.39 is 0 Å². The second-order valence-electron chi connectivity index (χ2n) is 6.67. The summed E-state index contributed by atoms with van der Waals surface area (Å²) in [5, 5.41) is 5.22. The van der Waals surface area contributed by atoms with Crippen molar-refractivity contribution in [3.05, 3.63) is 93.5 Å². The van der Waals surface area contributed by atoms with E-state index >= 15 is 0 Å². The molecule has 0 atom stereocenters. The first-order chi connectivity index (χ1) is 15.0. The number of hydrogen-bond acceptors (Lipinski definition) is 4. The van der Waals surface area contributed by atoms with Gasteiger partial charge in [-0.15, -0.1) is 0 Å². The minimum absolute atomic E-state index is 0.332. The van der Waals surface area contributed by atoms with Crippen LogP contribution in [-0.2, 0) is 6.61 Å². The van der Waals surface area contributed by atoms with Crippen LogP contribution in [0.5, 0.6) is 11.5 Å². The van der Waals surface area contributed by atoms with Crippen LogP contribution in [-0.4, -0.2) is 18.7 Å². The predicted molar refractivity (Wildman–Crippen MR) is 125 cm³/mol. The lowest BCUT2D eigenvalue weighted by Gasteiger charge is -2.10. The first-order valence-corrected chi connectivity index (χ1v) is 10.5. The Morgan fingerprint density at radius 2 is 1.77 bits per heavy atom. The Kier molecular flexibility index (Phi) is 8.33. The van der Waals surface area contributed by atoms with E-state index in [0.717, 1.165) is 17.7 Å². The number of carbonyl (C=O) groups is 1. The maximum atomic E-state index is 12.3. The molecule has 0 spiro atoms. The van der Waals surface area contributed by atoms with Crippen molar-refractivity contribution in [2.75, 3.05) is 6.61 Å². The molecule has 3 rings (SSSR count). The largest absolute Gasteiger partial charge is 0.494 e. The number of halogens is 2. The smallest absolute Gasteiger partial charge is 0.271 e. The van der Waals surface area contributed by atoms with Gasteiger partial charge in [0.15, 0.2) is 0 Å². The van der Waals surface area contributed by atoms with Gasteiger partial charge in [0.1, 0.15) is 18.1 Å². The zero-order chi connectivity index (χ0) is 22.1.